The van der Waals surface area contributed by atoms with Gasteiger partial charge in [-0.3, -0.25) is 14.5 Å². The Morgan fingerprint density at radius 2 is 1.88 bits per heavy atom. The lowest BCUT2D eigenvalue weighted by atomic mass is 9.94. The van der Waals surface area contributed by atoms with Crippen molar-refractivity contribution in [3.63, 3.8) is 0 Å². The average molecular weight is 361 g/mol. The number of carbonyl (C=O) groups is 2. The standard InChI is InChI=1S/C19H31N5O2/c1-14(15-5-6-15)24-16(7-8-20-24)21-17(25)13-22-9-11-23(12-10-22)18(26)19(2,3)4/h7-8,14-15H,5-6,9-13H2,1-4H3,(H,21,25). The number of aromatic nitrogens is 2. The summed E-state index contributed by atoms with van der Waals surface area (Å²) in [7, 11) is 0. The Kier molecular flexibility index (Phi) is 5.37. The summed E-state index contributed by atoms with van der Waals surface area (Å²) in [6.07, 6.45) is 4.23. The van der Waals surface area contributed by atoms with Gasteiger partial charge in [0.2, 0.25) is 11.8 Å². The highest BCUT2D eigenvalue weighted by molar-refractivity contribution is 5.91. The smallest absolute Gasteiger partial charge is 0.239 e. The molecule has 3 rings (SSSR count). The van der Waals surface area contributed by atoms with Crippen molar-refractivity contribution in [3.8, 4) is 0 Å². The Morgan fingerprint density at radius 3 is 2.46 bits per heavy atom. The summed E-state index contributed by atoms with van der Waals surface area (Å²) >= 11 is 0. The van der Waals surface area contributed by atoms with E-state index in [1.54, 1.807) is 6.20 Å². The molecule has 2 amide bonds. The zero-order valence-electron chi connectivity index (χ0n) is 16.4. The van der Waals surface area contributed by atoms with Gasteiger partial charge in [-0.05, 0) is 25.7 Å². The average Bonchev–Trinajstić information content (AvgIpc) is 3.33. The first-order chi connectivity index (χ1) is 12.3. The number of carbonyl (C=O) groups excluding carboxylic acids is 2. The minimum Gasteiger partial charge on any atom is -0.340 e. The molecule has 1 N–H and O–H groups in total. The van der Waals surface area contributed by atoms with Crippen LogP contribution in [0.1, 0.15) is 46.6 Å². The van der Waals surface area contributed by atoms with E-state index in [1.807, 2.05) is 36.4 Å². The van der Waals surface area contributed by atoms with Crippen LogP contribution >= 0.6 is 0 Å². The van der Waals surface area contributed by atoms with Crippen LogP contribution in [0.4, 0.5) is 5.82 Å². The molecule has 0 radical (unpaired) electrons. The van der Waals surface area contributed by atoms with Gasteiger partial charge in [0.1, 0.15) is 5.82 Å². The highest BCUT2D eigenvalue weighted by Crippen LogP contribution is 2.40. The van der Waals surface area contributed by atoms with Crippen LogP contribution in [0.2, 0.25) is 0 Å². The molecule has 1 atom stereocenters. The van der Waals surface area contributed by atoms with E-state index < -0.39 is 0 Å². The SMILES string of the molecule is CC(C1CC1)n1nccc1NC(=O)CN1CCN(C(=O)C(C)(C)C)CC1. The number of nitrogens with zero attached hydrogens (tertiary/aromatic N) is 4. The molecule has 7 nitrogen and oxygen atoms in total. The van der Waals surface area contributed by atoms with Gasteiger partial charge in [0.05, 0.1) is 18.8 Å². The largest absolute Gasteiger partial charge is 0.340 e. The zero-order chi connectivity index (χ0) is 18.9. The van der Waals surface area contributed by atoms with Crippen LogP contribution in [-0.4, -0.2) is 64.1 Å². The number of amides is 2. The molecule has 1 aliphatic carbocycles. The minimum absolute atomic E-state index is 0.0228. The molecule has 1 aromatic heterocycles. The lowest BCUT2D eigenvalue weighted by molar-refractivity contribution is -0.141. The van der Waals surface area contributed by atoms with Gasteiger partial charge in [-0.1, -0.05) is 20.8 Å². The van der Waals surface area contributed by atoms with Gasteiger partial charge in [0.15, 0.2) is 0 Å². The zero-order valence-corrected chi connectivity index (χ0v) is 16.4. The highest BCUT2D eigenvalue weighted by Gasteiger charge is 2.32. The van der Waals surface area contributed by atoms with Crippen LogP contribution in [0.3, 0.4) is 0 Å². The summed E-state index contributed by atoms with van der Waals surface area (Å²) in [6, 6.07) is 2.18. The maximum absolute atomic E-state index is 12.4. The fraction of sp³-hybridized carbons (Fsp3) is 0.737. The molecule has 1 unspecified atom stereocenters. The van der Waals surface area contributed by atoms with E-state index in [4.69, 9.17) is 0 Å². The molecule has 0 aromatic carbocycles. The predicted octanol–water partition coefficient (Wildman–Crippen LogP) is 1.98. The van der Waals surface area contributed by atoms with Crippen molar-refractivity contribution >= 4 is 17.6 Å². The Morgan fingerprint density at radius 1 is 1.23 bits per heavy atom. The first-order valence-electron chi connectivity index (χ1n) is 9.61. The molecule has 1 saturated heterocycles. The molecule has 0 bridgehead atoms. The Balaban J connectivity index is 1.48. The first kappa shape index (κ1) is 18.9. The van der Waals surface area contributed by atoms with E-state index in [1.165, 1.54) is 12.8 Å². The molecular formula is C19H31N5O2. The van der Waals surface area contributed by atoms with Crippen molar-refractivity contribution in [1.29, 1.82) is 0 Å². The third kappa shape index (κ3) is 4.44. The van der Waals surface area contributed by atoms with Gasteiger partial charge in [0.25, 0.3) is 0 Å². The second-order valence-electron chi connectivity index (χ2n) is 8.61. The molecule has 1 aliphatic heterocycles. The third-order valence-electron chi connectivity index (χ3n) is 5.30. The highest BCUT2D eigenvalue weighted by atomic mass is 16.2. The third-order valence-corrected chi connectivity index (χ3v) is 5.30. The second-order valence-corrected chi connectivity index (χ2v) is 8.61. The topological polar surface area (TPSA) is 70.5 Å². The van der Waals surface area contributed by atoms with Crippen molar-refractivity contribution in [2.45, 2.75) is 46.6 Å². The monoisotopic (exact) mass is 361 g/mol. The fourth-order valence-corrected chi connectivity index (χ4v) is 3.49. The van der Waals surface area contributed by atoms with E-state index in [-0.39, 0.29) is 17.2 Å². The lowest BCUT2D eigenvalue weighted by Gasteiger charge is -2.37. The van der Waals surface area contributed by atoms with Crippen molar-refractivity contribution < 1.29 is 9.59 Å². The number of nitrogens with one attached hydrogen (secondary N) is 1. The summed E-state index contributed by atoms with van der Waals surface area (Å²) < 4.78 is 1.93. The Labute approximate surface area is 155 Å². The molecule has 1 aromatic rings. The number of piperazine rings is 1. The van der Waals surface area contributed by atoms with Crippen LogP contribution in [0.5, 0.6) is 0 Å². The molecule has 2 aliphatic rings. The molecule has 26 heavy (non-hydrogen) atoms. The molecular weight excluding hydrogens is 330 g/mol. The minimum atomic E-state index is -0.351. The molecule has 0 spiro atoms. The van der Waals surface area contributed by atoms with E-state index in [2.05, 4.69) is 22.2 Å². The van der Waals surface area contributed by atoms with Gasteiger partial charge >= 0.3 is 0 Å². The van der Waals surface area contributed by atoms with Crippen LogP contribution < -0.4 is 5.32 Å². The molecule has 7 heteroatoms. The summed E-state index contributed by atoms with van der Waals surface area (Å²) in [6.45, 7) is 11.2. The van der Waals surface area contributed by atoms with Gasteiger partial charge in [-0.25, -0.2) is 4.68 Å². The quantitative estimate of drug-likeness (QED) is 0.871. The van der Waals surface area contributed by atoms with Crippen molar-refractivity contribution in [2.75, 3.05) is 38.0 Å². The van der Waals surface area contributed by atoms with Crippen molar-refractivity contribution in [1.82, 2.24) is 19.6 Å². The number of hydrogen-bond acceptors (Lipinski definition) is 4. The summed E-state index contributed by atoms with van der Waals surface area (Å²) in [5, 5.41) is 7.37. The van der Waals surface area contributed by atoms with Crippen LogP contribution in [0.15, 0.2) is 12.3 Å². The first-order valence-corrected chi connectivity index (χ1v) is 9.61. The summed E-state index contributed by atoms with van der Waals surface area (Å²) in [4.78, 5) is 28.8. The fourth-order valence-electron chi connectivity index (χ4n) is 3.49. The Hall–Kier alpha value is -1.89. The molecule has 1 saturated carbocycles. The maximum Gasteiger partial charge on any atom is 0.239 e. The lowest BCUT2D eigenvalue weighted by Crippen LogP contribution is -2.52. The predicted molar refractivity (Wildman–Crippen MR) is 101 cm³/mol. The Bertz CT molecular complexity index is 651. The molecule has 2 fully saturated rings. The summed E-state index contributed by atoms with van der Waals surface area (Å²) in [5.74, 6) is 1.61. The van der Waals surface area contributed by atoms with Gasteiger partial charge in [-0.15, -0.1) is 0 Å². The van der Waals surface area contributed by atoms with Crippen molar-refractivity contribution in [3.05, 3.63) is 12.3 Å². The molecule has 2 heterocycles. The van der Waals surface area contributed by atoms with Gasteiger partial charge in [-0.2, -0.15) is 5.10 Å². The van der Waals surface area contributed by atoms with E-state index in [9.17, 15) is 9.59 Å². The summed E-state index contributed by atoms with van der Waals surface area (Å²) in [5.41, 5.74) is -0.351. The second kappa shape index (κ2) is 7.39. The number of hydrogen-bond donors (Lipinski definition) is 1. The number of anilines is 1. The van der Waals surface area contributed by atoms with Crippen LogP contribution in [0.25, 0.3) is 0 Å². The van der Waals surface area contributed by atoms with Gasteiger partial charge in [0, 0.05) is 37.7 Å². The van der Waals surface area contributed by atoms with Crippen LogP contribution in [0, 0.1) is 11.3 Å². The maximum atomic E-state index is 12.4. The normalized spacial score (nSPS) is 20.1. The molecule has 144 valence electrons. The van der Waals surface area contributed by atoms with E-state index in [0.29, 0.717) is 31.6 Å². The van der Waals surface area contributed by atoms with Crippen molar-refractivity contribution in [2.24, 2.45) is 11.3 Å². The van der Waals surface area contributed by atoms with E-state index in [0.717, 1.165) is 18.9 Å². The van der Waals surface area contributed by atoms with E-state index >= 15 is 0 Å². The number of rotatable bonds is 5. The van der Waals surface area contributed by atoms with Crippen LogP contribution in [-0.2, 0) is 9.59 Å². The van der Waals surface area contributed by atoms with Gasteiger partial charge < -0.3 is 10.2 Å².